The highest BCUT2D eigenvalue weighted by Crippen LogP contribution is 2.40. The number of aliphatic hydroxyl groups excluding tert-OH is 1. The third-order valence-corrected chi connectivity index (χ3v) is 7.75. The van der Waals surface area contributed by atoms with Crippen LogP contribution in [0.15, 0.2) is 47.5 Å². The number of carbonyl (C=O) groups excluding carboxylic acids is 2. The fourth-order valence-electron chi connectivity index (χ4n) is 5.58. The maximum Gasteiger partial charge on any atom is 0.251 e. The molecule has 0 bridgehead atoms. The van der Waals surface area contributed by atoms with Crippen molar-refractivity contribution in [3.05, 3.63) is 64.7 Å². The predicted molar refractivity (Wildman–Crippen MR) is 132 cm³/mol. The Morgan fingerprint density at radius 3 is 2.74 bits per heavy atom. The molecule has 3 atom stereocenters. The summed E-state index contributed by atoms with van der Waals surface area (Å²) in [6, 6.07) is 12.2. The van der Waals surface area contributed by atoms with E-state index in [1.54, 1.807) is 23.1 Å². The Morgan fingerprint density at radius 1 is 1.23 bits per heavy atom. The standard InChI is InChI=1S/C27H32N4O4/c1-3-27(4-2)15-23(33)31(26(28)30-27)20-11-12-35-22-10-9-17(13-19(20)22)25(34)29-24-18-8-6-5-7-16(18)14-21(24)32/h5-10,13,20-21,24,32H,3-4,11-12,14-15H2,1-2H3,(H2,28,30)(H,29,34)/t20-,21-,24-/m1/s1. The summed E-state index contributed by atoms with van der Waals surface area (Å²) in [6.45, 7) is 4.49. The molecule has 0 saturated carbocycles. The van der Waals surface area contributed by atoms with E-state index < -0.39 is 17.7 Å². The van der Waals surface area contributed by atoms with E-state index in [-0.39, 0.29) is 23.8 Å². The first-order valence-electron chi connectivity index (χ1n) is 12.4. The van der Waals surface area contributed by atoms with Crippen molar-refractivity contribution in [3.63, 3.8) is 0 Å². The van der Waals surface area contributed by atoms with Crippen LogP contribution in [0.25, 0.3) is 0 Å². The maximum atomic E-state index is 13.3. The number of fused-ring (bicyclic) bond motifs is 2. The molecule has 0 aromatic heterocycles. The molecule has 0 radical (unpaired) electrons. The number of guanidine groups is 1. The number of amides is 2. The first-order chi connectivity index (χ1) is 16.9. The second kappa shape index (κ2) is 9.00. The van der Waals surface area contributed by atoms with Crippen LogP contribution < -0.4 is 15.8 Å². The molecular formula is C27H32N4O4. The minimum absolute atomic E-state index is 0.0559. The molecule has 2 aromatic rings. The molecule has 8 heteroatoms. The molecule has 184 valence electrons. The minimum atomic E-state index is -0.676. The smallest absolute Gasteiger partial charge is 0.251 e. The topological polar surface area (TPSA) is 117 Å². The normalized spacial score (nSPS) is 24.8. The zero-order valence-electron chi connectivity index (χ0n) is 20.2. The number of ether oxygens (including phenoxy) is 1. The molecule has 2 aromatic carbocycles. The van der Waals surface area contributed by atoms with Crippen molar-refractivity contribution in [2.75, 3.05) is 6.61 Å². The third kappa shape index (κ3) is 4.05. The van der Waals surface area contributed by atoms with Crippen LogP contribution in [0.4, 0.5) is 0 Å². The number of aliphatic imine (C=N–C) groups is 1. The highest BCUT2D eigenvalue weighted by atomic mass is 16.5. The second-order valence-electron chi connectivity index (χ2n) is 9.67. The molecule has 2 heterocycles. The maximum absolute atomic E-state index is 13.3. The third-order valence-electron chi connectivity index (χ3n) is 7.75. The van der Waals surface area contributed by atoms with Gasteiger partial charge in [0.15, 0.2) is 5.96 Å². The summed E-state index contributed by atoms with van der Waals surface area (Å²) < 4.78 is 5.84. The largest absolute Gasteiger partial charge is 0.493 e. The first kappa shape index (κ1) is 23.4. The Morgan fingerprint density at radius 2 is 2.00 bits per heavy atom. The van der Waals surface area contributed by atoms with Crippen molar-refractivity contribution >= 4 is 17.8 Å². The van der Waals surface area contributed by atoms with Crippen molar-refractivity contribution in [1.29, 1.82) is 0 Å². The molecule has 5 rings (SSSR count). The summed E-state index contributed by atoms with van der Waals surface area (Å²) in [5.41, 5.74) is 9.06. The predicted octanol–water partition coefficient (Wildman–Crippen LogP) is 3.00. The van der Waals surface area contributed by atoms with E-state index in [2.05, 4.69) is 5.32 Å². The number of nitrogens with two attached hydrogens (primary N) is 1. The molecule has 0 fully saturated rings. The van der Waals surface area contributed by atoms with Crippen LogP contribution in [0.2, 0.25) is 0 Å². The van der Waals surface area contributed by atoms with E-state index in [1.165, 1.54) is 0 Å². The number of carbonyl (C=O) groups is 2. The van der Waals surface area contributed by atoms with Crippen LogP contribution >= 0.6 is 0 Å². The Balaban J connectivity index is 1.43. The van der Waals surface area contributed by atoms with Gasteiger partial charge in [-0.1, -0.05) is 38.1 Å². The van der Waals surface area contributed by atoms with Crippen molar-refractivity contribution in [2.45, 2.75) is 69.7 Å². The molecular weight excluding hydrogens is 444 g/mol. The quantitative estimate of drug-likeness (QED) is 0.613. The van der Waals surface area contributed by atoms with Gasteiger partial charge in [0.2, 0.25) is 5.91 Å². The first-order valence-corrected chi connectivity index (χ1v) is 12.4. The lowest BCUT2D eigenvalue weighted by atomic mass is 9.87. The molecule has 2 amide bonds. The van der Waals surface area contributed by atoms with Crippen molar-refractivity contribution < 1.29 is 19.4 Å². The van der Waals surface area contributed by atoms with E-state index in [0.717, 1.165) is 29.5 Å². The summed E-state index contributed by atoms with van der Waals surface area (Å²) in [5, 5.41) is 13.5. The van der Waals surface area contributed by atoms with Gasteiger partial charge < -0.3 is 20.9 Å². The number of benzene rings is 2. The Labute approximate surface area is 205 Å². The summed E-state index contributed by atoms with van der Waals surface area (Å²) >= 11 is 0. The van der Waals surface area contributed by atoms with Crippen LogP contribution in [-0.2, 0) is 11.2 Å². The molecule has 1 aliphatic carbocycles. The molecule has 2 aliphatic heterocycles. The Bertz CT molecular complexity index is 1190. The second-order valence-corrected chi connectivity index (χ2v) is 9.67. The van der Waals surface area contributed by atoms with Crippen molar-refractivity contribution in [3.8, 4) is 5.75 Å². The summed E-state index contributed by atoms with van der Waals surface area (Å²) in [6.07, 6.45) is 2.19. The molecule has 8 nitrogen and oxygen atoms in total. The van der Waals surface area contributed by atoms with Gasteiger partial charge in [-0.15, -0.1) is 0 Å². The summed E-state index contributed by atoms with van der Waals surface area (Å²) in [4.78, 5) is 32.8. The number of nitrogens with one attached hydrogen (secondary N) is 1. The van der Waals surface area contributed by atoms with E-state index in [1.807, 2.05) is 38.1 Å². The van der Waals surface area contributed by atoms with E-state index in [0.29, 0.717) is 37.2 Å². The Hall–Kier alpha value is -3.39. The van der Waals surface area contributed by atoms with Gasteiger partial charge >= 0.3 is 0 Å². The minimum Gasteiger partial charge on any atom is -0.493 e. The fourth-order valence-corrected chi connectivity index (χ4v) is 5.58. The molecule has 3 aliphatic rings. The van der Waals surface area contributed by atoms with E-state index in [9.17, 15) is 14.7 Å². The lowest BCUT2D eigenvalue weighted by Gasteiger charge is -2.41. The van der Waals surface area contributed by atoms with Gasteiger partial charge in [-0.3, -0.25) is 14.5 Å². The van der Waals surface area contributed by atoms with Gasteiger partial charge in [-0.25, -0.2) is 4.99 Å². The average molecular weight is 477 g/mol. The molecule has 0 unspecified atom stereocenters. The van der Waals surface area contributed by atoms with Crippen LogP contribution in [-0.4, -0.2) is 46.0 Å². The highest BCUT2D eigenvalue weighted by Gasteiger charge is 2.42. The molecule has 4 N–H and O–H groups in total. The van der Waals surface area contributed by atoms with Crippen LogP contribution in [0, 0.1) is 0 Å². The van der Waals surface area contributed by atoms with Crippen LogP contribution in [0.3, 0.4) is 0 Å². The lowest BCUT2D eigenvalue weighted by Crippen LogP contribution is -2.53. The van der Waals surface area contributed by atoms with Gasteiger partial charge in [0, 0.05) is 24.0 Å². The van der Waals surface area contributed by atoms with Crippen LogP contribution in [0.1, 0.15) is 78.7 Å². The molecule has 0 spiro atoms. The number of hydrogen-bond acceptors (Lipinski definition) is 6. The van der Waals surface area contributed by atoms with Gasteiger partial charge in [0.1, 0.15) is 5.75 Å². The zero-order valence-corrected chi connectivity index (χ0v) is 20.2. The zero-order chi connectivity index (χ0) is 24.7. The monoisotopic (exact) mass is 476 g/mol. The Kier molecular flexibility index (Phi) is 6.01. The van der Waals surface area contributed by atoms with Crippen molar-refractivity contribution in [2.24, 2.45) is 10.7 Å². The fraction of sp³-hybridized carbons (Fsp3) is 0.444. The number of hydrogen-bond donors (Lipinski definition) is 3. The van der Waals surface area contributed by atoms with E-state index in [4.69, 9.17) is 15.5 Å². The van der Waals surface area contributed by atoms with Crippen LogP contribution in [0.5, 0.6) is 5.75 Å². The summed E-state index contributed by atoms with van der Waals surface area (Å²) in [5.74, 6) is 0.510. The number of rotatable bonds is 5. The lowest BCUT2D eigenvalue weighted by molar-refractivity contribution is -0.132. The number of aliphatic hydroxyl groups is 1. The van der Waals surface area contributed by atoms with Gasteiger partial charge in [-0.2, -0.15) is 0 Å². The van der Waals surface area contributed by atoms with Gasteiger partial charge in [0.25, 0.3) is 5.91 Å². The molecule has 0 saturated heterocycles. The number of nitrogens with zero attached hydrogens (tertiary/aromatic N) is 2. The summed E-state index contributed by atoms with van der Waals surface area (Å²) in [7, 11) is 0. The SMILES string of the molecule is CCC1(CC)CC(=O)N([C@@H]2CCOc3ccc(C(=O)N[C@@H]4c5ccccc5C[C@H]4O)cc32)C(N)=N1. The van der Waals surface area contributed by atoms with Gasteiger partial charge in [-0.05, 0) is 42.2 Å². The van der Waals surface area contributed by atoms with Gasteiger partial charge in [0.05, 0.1) is 36.8 Å². The van der Waals surface area contributed by atoms with E-state index >= 15 is 0 Å². The highest BCUT2D eigenvalue weighted by molar-refractivity contribution is 6.00. The van der Waals surface area contributed by atoms with Crippen molar-refractivity contribution in [1.82, 2.24) is 10.2 Å². The average Bonchev–Trinajstić information content (AvgIpc) is 3.18. The molecule has 35 heavy (non-hydrogen) atoms.